The van der Waals surface area contributed by atoms with E-state index in [-0.39, 0.29) is 11.9 Å². The fourth-order valence-corrected chi connectivity index (χ4v) is 2.30. The number of carbonyl (C=O) groups excluding carboxylic acids is 1. The highest BCUT2D eigenvalue weighted by Gasteiger charge is 2.19. The van der Waals surface area contributed by atoms with Crippen molar-refractivity contribution in [3.63, 3.8) is 0 Å². The summed E-state index contributed by atoms with van der Waals surface area (Å²) in [6.45, 7) is 0.923. The number of aromatic nitrogens is 1. The van der Waals surface area contributed by atoms with Crippen LogP contribution in [0, 0.1) is 0 Å². The molecule has 1 amide bonds. The van der Waals surface area contributed by atoms with Crippen LogP contribution in [0.1, 0.15) is 25.7 Å². The van der Waals surface area contributed by atoms with Gasteiger partial charge in [-0.1, -0.05) is 12.8 Å². The molecular formula is C12H16BrN3O. The molecule has 1 aliphatic heterocycles. The molecule has 2 N–H and O–H groups in total. The van der Waals surface area contributed by atoms with Crippen molar-refractivity contribution in [3.05, 3.63) is 22.9 Å². The molecule has 1 aromatic rings. The second-order valence-corrected chi connectivity index (χ2v) is 4.94. The fourth-order valence-electron chi connectivity index (χ4n) is 1.95. The van der Waals surface area contributed by atoms with Gasteiger partial charge in [0.25, 0.3) is 0 Å². The Labute approximate surface area is 109 Å². The first-order valence-electron chi connectivity index (χ1n) is 5.92. The van der Waals surface area contributed by atoms with E-state index < -0.39 is 0 Å². The molecule has 4 nitrogen and oxygen atoms in total. The predicted octanol–water partition coefficient (Wildman–Crippen LogP) is 2.31. The monoisotopic (exact) mass is 297 g/mol. The Morgan fingerprint density at radius 3 is 3.18 bits per heavy atom. The van der Waals surface area contributed by atoms with Crippen LogP contribution >= 0.6 is 15.9 Å². The Hall–Kier alpha value is -0.940. The second kappa shape index (κ2) is 6.12. The molecule has 1 unspecified atom stereocenters. The summed E-state index contributed by atoms with van der Waals surface area (Å²) in [7, 11) is 0. The van der Waals surface area contributed by atoms with E-state index in [1.807, 2.05) is 6.07 Å². The number of anilines is 1. The van der Waals surface area contributed by atoms with Gasteiger partial charge in [-0.25, -0.2) is 4.98 Å². The summed E-state index contributed by atoms with van der Waals surface area (Å²) in [5.74, 6) is 0.0283. The third kappa shape index (κ3) is 3.51. The zero-order chi connectivity index (χ0) is 12.1. The van der Waals surface area contributed by atoms with E-state index in [4.69, 9.17) is 0 Å². The van der Waals surface area contributed by atoms with E-state index in [0.29, 0.717) is 4.60 Å². The maximum Gasteiger partial charge on any atom is 0.241 e. The highest BCUT2D eigenvalue weighted by molar-refractivity contribution is 9.10. The van der Waals surface area contributed by atoms with Gasteiger partial charge in [-0.05, 0) is 47.4 Å². The molecule has 0 spiro atoms. The van der Waals surface area contributed by atoms with Gasteiger partial charge in [-0.3, -0.25) is 4.79 Å². The zero-order valence-corrected chi connectivity index (χ0v) is 11.2. The molecule has 0 radical (unpaired) electrons. The van der Waals surface area contributed by atoms with Crippen molar-refractivity contribution in [2.75, 3.05) is 11.9 Å². The van der Waals surface area contributed by atoms with Gasteiger partial charge in [0.15, 0.2) is 0 Å². The second-order valence-electron chi connectivity index (χ2n) is 4.19. The number of amides is 1. The summed E-state index contributed by atoms with van der Waals surface area (Å²) in [5.41, 5.74) is 0.726. The third-order valence-electron chi connectivity index (χ3n) is 2.89. The Bertz CT molecular complexity index is 389. The lowest BCUT2D eigenvalue weighted by atomic mass is 10.1. The number of pyridine rings is 1. The van der Waals surface area contributed by atoms with Crippen LogP contribution in [0.2, 0.25) is 0 Å². The number of rotatable bonds is 2. The van der Waals surface area contributed by atoms with Crippen LogP contribution in [0.25, 0.3) is 0 Å². The van der Waals surface area contributed by atoms with Gasteiger partial charge in [0.05, 0.1) is 11.7 Å². The molecule has 17 heavy (non-hydrogen) atoms. The van der Waals surface area contributed by atoms with E-state index in [1.54, 1.807) is 12.3 Å². The molecule has 1 aliphatic rings. The van der Waals surface area contributed by atoms with Crippen molar-refractivity contribution < 1.29 is 4.79 Å². The molecule has 0 bridgehead atoms. The Morgan fingerprint density at radius 1 is 1.47 bits per heavy atom. The zero-order valence-electron chi connectivity index (χ0n) is 9.58. The van der Waals surface area contributed by atoms with Crippen molar-refractivity contribution in [1.82, 2.24) is 10.3 Å². The Kier molecular flexibility index (Phi) is 4.50. The first-order chi connectivity index (χ1) is 8.27. The number of hydrogen-bond donors (Lipinski definition) is 2. The summed E-state index contributed by atoms with van der Waals surface area (Å²) in [6.07, 6.45) is 6.06. The largest absolute Gasteiger partial charge is 0.322 e. The number of nitrogens with zero attached hydrogens (tertiary/aromatic N) is 1. The summed E-state index contributed by atoms with van der Waals surface area (Å²) >= 11 is 3.32. The van der Waals surface area contributed by atoms with E-state index in [9.17, 15) is 4.79 Å². The fraction of sp³-hybridized carbons (Fsp3) is 0.500. The average Bonchev–Trinajstić information content (AvgIpc) is 2.61. The van der Waals surface area contributed by atoms with E-state index in [1.165, 1.54) is 6.42 Å². The summed E-state index contributed by atoms with van der Waals surface area (Å²) in [5, 5.41) is 6.17. The van der Waals surface area contributed by atoms with Gasteiger partial charge in [0, 0.05) is 6.20 Å². The molecule has 92 valence electrons. The van der Waals surface area contributed by atoms with Crippen LogP contribution in [0.3, 0.4) is 0 Å². The number of halogens is 1. The molecule has 0 aliphatic carbocycles. The predicted molar refractivity (Wildman–Crippen MR) is 70.8 cm³/mol. The van der Waals surface area contributed by atoms with Crippen LogP contribution in [-0.4, -0.2) is 23.5 Å². The van der Waals surface area contributed by atoms with Crippen molar-refractivity contribution in [2.24, 2.45) is 0 Å². The van der Waals surface area contributed by atoms with Crippen LogP contribution in [0.4, 0.5) is 5.69 Å². The minimum absolute atomic E-state index is 0.0283. The lowest BCUT2D eigenvalue weighted by Gasteiger charge is -2.15. The lowest BCUT2D eigenvalue weighted by molar-refractivity contribution is -0.118. The van der Waals surface area contributed by atoms with Gasteiger partial charge >= 0.3 is 0 Å². The highest BCUT2D eigenvalue weighted by Crippen LogP contribution is 2.19. The topological polar surface area (TPSA) is 54.0 Å². The summed E-state index contributed by atoms with van der Waals surface area (Å²) < 4.78 is 0.668. The third-order valence-corrected chi connectivity index (χ3v) is 3.53. The molecule has 1 fully saturated rings. The number of hydrogen-bond acceptors (Lipinski definition) is 3. The molecule has 2 heterocycles. The maximum absolute atomic E-state index is 12.1. The number of carbonyl (C=O) groups is 1. The first kappa shape index (κ1) is 12.5. The van der Waals surface area contributed by atoms with E-state index >= 15 is 0 Å². The molecule has 5 heteroatoms. The van der Waals surface area contributed by atoms with Crippen LogP contribution < -0.4 is 10.6 Å². The summed E-state index contributed by atoms with van der Waals surface area (Å²) in [4.78, 5) is 16.1. The van der Waals surface area contributed by atoms with Crippen molar-refractivity contribution in [1.29, 1.82) is 0 Å². The number of nitrogens with one attached hydrogen (secondary N) is 2. The maximum atomic E-state index is 12.1. The van der Waals surface area contributed by atoms with Gasteiger partial charge in [0.2, 0.25) is 5.91 Å². The van der Waals surface area contributed by atoms with E-state index in [2.05, 4.69) is 31.5 Å². The van der Waals surface area contributed by atoms with Gasteiger partial charge in [0.1, 0.15) is 4.60 Å². The Balaban J connectivity index is 1.98. The highest BCUT2D eigenvalue weighted by atomic mass is 79.9. The average molecular weight is 298 g/mol. The summed E-state index contributed by atoms with van der Waals surface area (Å²) in [6, 6.07) is 3.57. The molecule has 1 saturated heterocycles. The van der Waals surface area contributed by atoms with Gasteiger partial charge in [-0.15, -0.1) is 0 Å². The van der Waals surface area contributed by atoms with Crippen LogP contribution in [0.15, 0.2) is 22.9 Å². The molecule has 2 rings (SSSR count). The van der Waals surface area contributed by atoms with Crippen molar-refractivity contribution >= 4 is 27.5 Å². The molecular weight excluding hydrogens is 282 g/mol. The van der Waals surface area contributed by atoms with Gasteiger partial charge in [-0.2, -0.15) is 0 Å². The SMILES string of the molecule is O=C(Nc1cccnc1Br)C1CCCCCN1. The van der Waals surface area contributed by atoms with Crippen LogP contribution in [-0.2, 0) is 4.79 Å². The van der Waals surface area contributed by atoms with Crippen molar-refractivity contribution in [2.45, 2.75) is 31.7 Å². The first-order valence-corrected chi connectivity index (χ1v) is 6.71. The van der Waals surface area contributed by atoms with Crippen LogP contribution in [0.5, 0.6) is 0 Å². The normalized spacial score (nSPS) is 20.6. The molecule has 1 atom stereocenters. The lowest BCUT2D eigenvalue weighted by Crippen LogP contribution is -2.39. The molecule has 0 saturated carbocycles. The molecule has 1 aromatic heterocycles. The molecule has 0 aromatic carbocycles. The van der Waals surface area contributed by atoms with E-state index in [0.717, 1.165) is 31.5 Å². The smallest absolute Gasteiger partial charge is 0.241 e. The standard InChI is InChI=1S/C12H16BrN3O/c13-11-9(6-4-8-15-11)16-12(17)10-5-2-1-3-7-14-10/h4,6,8,10,14H,1-3,5,7H2,(H,16,17). The van der Waals surface area contributed by atoms with Crippen molar-refractivity contribution in [3.8, 4) is 0 Å². The Morgan fingerprint density at radius 2 is 2.35 bits per heavy atom. The quantitative estimate of drug-likeness (QED) is 0.824. The minimum Gasteiger partial charge on any atom is -0.322 e. The van der Waals surface area contributed by atoms with Gasteiger partial charge < -0.3 is 10.6 Å². The minimum atomic E-state index is -0.0791.